The van der Waals surface area contributed by atoms with E-state index in [1.807, 2.05) is 13.0 Å². The Bertz CT molecular complexity index is 818. The van der Waals surface area contributed by atoms with Gasteiger partial charge in [0.25, 0.3) is 5.69 Å². The van der Waals surface area contributed by atoms with Crippen LogP contribution >= 0.6 is 0 Å². The minimum Gasteiger partial charge on any atom is -0.480 e. The van der Waals surface area contributed by atoms with Crippen molar-refractivity contribution >= 4 is 17.6 Å². The molecule has 0 heterocycles. The van der Waals surface area contributed by atoms with Gasteiger partial charge in [0, 0.05) is 11.6 Å². The van der Waals surface area contributed by atoms with Gasteiger partial charge in [0.15, 0.2) is 5.92 Å². The number of nitro groups is 1. The Kier molecular flexibility index (Phi) is 6.06. The molecule has 1 N–H and O–H groups in total. The quantitative estimate of drug-likeness (QED) is 0.350. The van der Waals surface area contributed by atoms with Gasteiger partial charge in [-0.3, -0.25) is 19.7 Å². The van der Waals surface area contributed by atoms with E-state index >= 15 is 0 Å². The highest BCUT2D eigenvalue weighted by molar-refractivity contribution is 6.00. The fraction of sp³-hybridized carbons (Fsp3) is 0.263. The number of benzene rings is 2. The van der Waals surface area contributed by atoms with E-state index < -0.39 is 28.9 Å². The first-order chi connectivity index (χ1) is 12.3. The second-order valence-electron chi connectivity index (χ2n) is 5.82. The van der Waals surface area contributed by atoms with Gasteiger partial charge in [-0.25, -0.2) is 0 Å². The molecular weight excluding hydrogens is 338 g/mol. The number of carboxylic acids is 1. The molecule has 0 aliphatic heterocycles. The molecular formula is C19H19NO6. The number of carbonyl (C=O) groups is 2. The van der Waals surface area contributed by atoms with E-state index in [-0.39, 0.29) is 16.8 Å². The molecule has 0 saturated carbocycles. The maximum Gasteiger partial charge on any atom is 0.325 e. The fourth-order valence-electron chi connectivity index (χ4n) is 2.71. The van der Waals surface area contributed by atoms with Crippen LogP contribution in [0.4, 0.5) is 5.69 Å². The number of hydrogen-bond acceptors (Lipinski definition) is 5. The van der Waals surface area contributed by atoms with E-state index in [4.69, 9.17) is 4.74 Å². The predicted molar refractivity (Wildman–Crippen MR) is 93.8 cm³/mol. The number of aliphatic carboxylic acids is 1. The van der Waals surface area contributed by atoms with Gasteiger partial charge in [0.1, 0.15) is 6.10 Å². The molecule has 0 radical (unpaired) electrons. The van der Waals surface area contributed by atoms with E-state index in [1.165, 1.54) is 25.1 Å². The summed E-state index contributed by atoms with van der Waals surface area (Å²) in [6.07, 6.45) is -0.0776. The predicted octanol–water partition coefficient (Wildman–Crippen LogP) is 3.77. The first-order valence-corrected chi connectivity index (χ1v) is 8.08. The number of nitrogens with zero attached hydrogens (tertiary/aromatic N) is 1. The number of hydrogen-bond donors (Lipinski definition) is 1. The van der Waals surface area contributed by atoms with Gasteiger partial charge in [-0.1, -0.05) is 43.3 Å². The average Bonchev–Trinajstić information content (AvgIpc) is 2.60. The van der Waals surface area contributed by atoms with Crippen molar-refractivity contribution < 1.29 is 24.4 Å². The molecule has 0 amide bonds. The van der Waals surface area contributed by atoms with E-state index in [1.54, 1.807) is 24.3 Å². The number of rotatable bonds is 7. The van der Waals surface area contributed by atoms with Gasteiger partial charge in [-0.2, -0.15) is 0 Å². The molecule has 2 aromatic carbocycles. The molecule has 2 unspecified atom stereocenters. The summed E-state index contributed by atoms with van der Waals surface area (Å²) in [5.41, 5.74) is 1.06. The molecule has 26 heavy (non-hydrogen) atoms. The number of carboxylic acid groups (broad SMARTS) is 1. The second-order valence-corrected chi connectivity index (χ2v) is 5.82. The number of aryl methyl sites for hydroxylation is 1. The summed E-state index contributed by atoms with van der Waals surface area (Å²) in [7, 11) is 0. The first kappa shape index (κ1) is 19.1. The minimum absolute atomic E-state index is 0.137. The molecule has 0 spiro atoms. The van der Waals surface area contributed by atoms with Crippen LogP contribution in [-0.2, 0) is 14.3 Å². The topological polar surface area (TPSA) is 107 Å². The van der Waals surface area contributed by atoms with Crippen LogP contribution in [0.15, 0.2) is 48.5 Å². The standard InChI is InChI=1S/C19H19NO6/c1-3-16(13-7-5-4-6-8-13)26-19(23)17(18(21)22)14-9-10-15(20(24)25)12(2)11-14/h4-11,16-17H,3H2,1-2H3,(H,21,22). The summed E-state index contributed by atoms with van der Waals surface area (Å²) in [6, 6.07) is 12.8. The molecule has 0 aliphatic rings. The zero-order valence-corrected chi connectivity index (χ0v) is 14.4. The summed E-state index contributed by atoms with van der Waals surface area (Å²) in [6.45, 7) is 3.32. The van der Waals surface area contributed by atoms with Crippen molar-refractivity contribution in [2.75, 3.05) is 0 Å². The molecule has 2 atom stereocenters. The van der Waals surface area contributed by atoms with Gasteiger partial charge in [0.2, 0.25) is 0 Å². The van der Waals surface area contributed by atoms with Crippen molar-refractivity contribution in [1.82, 2.24) is 0 Å². The maximum atomic E-state index is 12.5. The highest BCUT2D eigenvalue weighted by atomic mass is 16.6. The highest BCUT2D eigenvalue weighted by Gasteiger charge is 2.32. The molecule has 2 aromatic rings. The van der Waals surface area contributed by atoms with Crippen molar-refractivity contribution in [2.24, 2.45) is 0 Å². The lowest BCUT2D eigenvalue weighted by molar-refractivity contribution is -0.385. The molecule has 2 rings (SSSR count). The molecule has 0 fully saturated rings. The molecule has 0 saturated heterocycles. The zero-order chi connectivity index (χ0) is 19.3. The van der Waals surface area contributed by atoms with Gasteiger partial charge < -0.3 is 9.84 Å². The zero-order valence-electron chi connectivity index (χ0n) is 14.4. The monoisotopic (exact) mass is 357 g/mol. The van der Waals surface area contributed by atoms with Crippen LogP contribution in [0, 0.1) is 17.0 Å². The van der Waals surface area contributed by atoms with Crippen molar-refractivity contribution in [3.8, 4) is 0 Å². The van der Waals surface area contributed by atoms with Crippen molar-refractivity contribution in [3.63, 3.8) is 0 Å². The normalized spacial score (nSPS) is 12.8. The van der Waals surface area contributed by atoms with Gasteiger partial charge in [-0.05, 0) is 30.5 Å². The van der Waals surface area contributed by atoms with Gasteiger partial charge in [0.05, 0.1) is 4.92 Å². The largest absolute Gasteiger partial charge is 0.480 e. The Hall–Kier alpha value is -3.22. The average molecular weight is 357 g/mol. The third kappa shape index (κ3) is 4.24. The summed E-state index contributed by atoms with van der Waals surface area (Å²) in [4.78, 5) is 34.5. The van der Waals surface area contributed by atoms with Crippen LogP contribution in [0.5, 0.6) is 0 Å². The van der Waals surface area contributed by atoms with E-state index in [0.29, 0.717) is 6.42 Å². The summed E-state index contributed by atoms with van der Waals surface area (Å²) in [5, 5.41) is 20.4. The number of ether oxygens (including phenoxy) is 1. The van der Waals surface area contributed by atoms with E-state index in [2.05, 4.69) is 0 Å². The second kappa shape index (κ2) is 8.24. The molecule has 0 bridgehead atoms. The number of nitro benzene ring substituents is 1. The lowest BCUT2D eigenvalue weighted by Crippen LogP contribution is -2.25. The van der Waals surface area contributed by atoms with Crippen molar-refractivity contribution in [1.29, 1.82) is 0 Å². The third-order valence-corrected chi connectivity index (χ3v) is 4.03. The smallest absolute Gasteiger partial charge is 0.325 e. The molecule has 0 aliphatic carbocycles. The van der Waals surface area contributed by atoms with Crippen molar-refractivity contribution in [2.45, 2.75) is 32.3 Å². The van der Waals surface area contributed by atoms with Gasteiger partial charge in [-0.15, -0.1) is 0 Å². The van der Waals surface area contributed by atoms with Crippen LogP contribution in [-0.4, -0.2) is 22.0 Å². The Morgan fingerprint density at radius 2 is 1.81 bits per heavy atom. The van der Waals surface area contributed by atoms with Crippen LogP contribution in [0.2, 0.25) is 0 Å². The summed E-state index contributed by atoms with van der Waals surface area (Å²) in [5.74, 6) is -3.82. The van der Waals surface area contributed by atoms with E-state index in [9.17, 15) is 24.8 Å². The lowest BCUT2D eigenvalue weighted by atomic mass is 9.96. The molecule has 136 valence electrons. The Balaban J connectivity index is 2.29. The third-order valence-electron chi connectivity index (χ3n) is 4.03. The molecule has 0 aromatic heterocycles. The molecule has 7 heteroatoms. The minimum atomic E-state index is -1.55. The van der Waals surface area contributed by atoms with E-state index in [0.717, 1.165) is 5.56 Å². The Labute approximate surface area is 150 Å². The Morgan fingerprint density at radius 3 is 2.31 bits per heavy atom. The highest BCUT2D eigenvalue weighted by Crippen LogP contribution is 2.28. The summed E-state index contributed by atoms with van der Waals surface area (Å²) < 4.78 is 5.43. The van der Waals surface area contributed by atoms with Gasteiger partial charge >= 0.3 is 11.9 Å². The molecule has 7 nitrogen and oxygen atoms in total. The lowest BCUT2D eigenvalue weighted by Gasteiger charge is -2.20. The SMILES string of the molecule is CCC(OC(=O)C(C(=O)O)c1ccc([N+](=O)[O-])c(C)c1)c1ccccc1. The number of esters is 1. The van der Waals surface area contributed by atoms with Crippen LogP contribution in [0.1, 0.15) is 42.1 Å². The summed E-state index contributed by atoms with van der Waals surface area (Å²) >= 11 is 0. The number of carbonyl (C=O) groups excluding carboxylic acids is 1. The van der Waals surface area contributed by atoms with Crippen LogP contribution < -0.4 is 0 Å². The van der Waals surface area contributed by atoms with Crippen LogP contribution in [0.3, 0.4) is 0 Å². The van der Waals surface area contributed by atoms with Crippen LogP contribution in [0.25, 0.3) is 0 Å². The van der Waals surface area contributed by atoms with Crippen molar-refractivity contribution in [3.05, 3.63) is 75.3 Å². The maximum absolute atomic E-state index is 12.5. The first-order valence-electron chi connectivity index (χ1n) is 8.08. The fourth-order valence-corrected chi connectivity index (χ4v) is 2.71. The Morgan fingerprint density at radius 1 is 1.15 bits per heavy atom.